The van der Waals surface area contributed by atoms with E-state index in [1.165, 1.54) is 6.07 Å². The predicted octanol–water partition coefficient (Wildman–Crippen LogP) is 4.48. The summed E-state index contributed by atoms with van der Waals surface area (Å²) in [4.78, 5) is 27.4. The summed E-state index contributed by atoms with van der Waals surface area (Å²) in [5.74, 6) is -0.507. The topological polar surface area (TPSA) is 61.4 Å². The van der Waals surface area contributed by atoms with Crippen molar-refractivity contribution in [2.45, 2.75) is 57.2 Å². The maximum absolute atomic E-state index is 13.9. The average Bonchev–Trinajstić information content (AvgIpc) is 2.69. The lowest BCUT2D eigenvalue weighted by Gasteiger charge is -2.48. The van der Waals surface area contributed by atoms with Crippen LogP contribution in [0.2, 0.25) is 0 Å². The van der Waals surface area contributed by atoms with E-state index in [0.717, 1.165) is 37.7 Å². The van der Waals surface area contributed by atoms with Gasteiger partial charge in [-0.15, -0.1) is 0 Å². The van der Waals surface area contributed by atoms with Crippen LogP contribution in [0.25, 0.3) is 0 Å². The summed E-state index contributed by atoms with van der Waals surface area (Å²) in [5, 5.41) is 5.87. The number of urea groups is 1. The Morgan fingerprint density at radius 2 is 1.76 bits per heavy atom. The number of piperidine rings is 2. The number of aryl methyl sites for hydroxylation is 1. The van der Waals surface area contributed by atoms with E-state index < -0.39 is 5.82 Å². The Kier molecular flexibility index (Phi) is 5.51. The van der Waals surface area contributed by atoms with Gasteiger partial charge in [0.2, 0.25) is 0 Å². The number of amides is 3. The summed E-state index contributed by atoms with van der Waals surface area (Å²) in [6.07, 6.45) is 4.31. The van der Waals surface area contributed by atoms with Crippen LogP contribution in [-0.4, -0.2) is 35.0 Å². The van der Waals surface area contributed by atoms with Crippen molar-refractivity contribution < 1.29 is 14.0 Å². The molecule has 2 atom stereocenters. The molecule has 2 N–H and O–H groups in total. The van der Waals surface area contributed by atoms with Crippen molar-refractivity contribution >= 4 is 17.6 Å². The van der Waals surface area contributed by atoms with Crippen LogP contribution in [0.5, 0.6) is 0 Å². The second-order valence-corrected chi connectivity index (χ2v) is 8.07. The molecule has 6 heteroatoms. The molecule has 2 aromatic rings. The van der Waals surface area contributed by atoms with Crippen molar-refractivity contribution in [2.75, 3.05) is 5.32 Å². The molecular weight excluding hydrogens is 369 g/mol. The maximum Gasteiger partial charge on any atom is 0.322 e. The normalized spacial score (nSPS) is 23.4. The lowest BCUT2D eigenvalue weighted by molar-refractivity contribution is 0.0576. The predicted molar refractivity (Wildman–Crippen MR) is 110 cm³/mol. The van der Waals surface area contributed by atoms with Crippen molar-refractivity contribution in [3.63, 3.8) is 0 Å². The number of nitrogens with one attached hydrogen (secondary N) is 2. The van der Waals surface area contributed by atoms with E-state index in [1.807, 2.05) is 36.1 Å². The lowest BCUT2D eigenvalue weighted by atomic mass is 9.82. The Bertz CT molecular complexity index is 903. The second kappa shape index (κ2) is 8.23. The highest BCUT2D eigenvalue weighted by Crippen LogP contribution is 2.35. The number of halogens is 1. The molecule has 4 rings (SSSR count). The van der Waals surface area contributed by atoms with E-state index in [2.05, 4.69) is 10.6 Å². The zero-order valence-electron chi connectivity index (χ0n) is 16.5. The number of para-hydroxylation sites is 1. The van der Waals surface area contributed by atoms with Gasteiger partial charge in [-0.25, -0.2) is 9.18 Å². The minimum atomic E-state index is -0.439. The summed E-state index contributed by atoms with van der Waals surface area (Å²) >= 11 is 0. The first-order valence-corrected chi connectivity index (χ1v) is 10.2. The molecule has 0 aromatic heterocycles. The molecule has 3 amide bonds. The van der Waals surface area contributed by atoms with E-state index >= 15 is 0 Å². The lowest BCUT2D eigenvalue weighted by Crippen LogP contribution is -2.59. The number of nitrogens with zero attached hydrogens (tertiary/aromatic N) is 1. The molecule has 0 spiro atoms. The standard InChI is InChI=1S/C23H26FN3O2/c1-15-6-4-7-16(12-15)22(28)25-17-13-18-8-5-9-19(14-17)27(18)23(29)26-21-11-3-2-10-20(21)24/h2-4,6-7,10-12,17-19H,5,8-9,13-14H2,1H3,(H,25,28)(H,26,29)/t18-,19-/m1/s1. The van der Waals surface area contributed by atoms with E-state index in [0.29, 0.717) is 5.56 Å². The molecule has 29 heavy (non-hydrogen) atoms. The van der Waals surface area contributed by atoms with Gasteiger partial charge in [0.1, 0.15) is 5.82 Å². The number of hydrogen-bond acceptors (Lipinski definition) is 2. The van der Waals surface area contributed by atoms with Gasteiger partial charge < -0.3 is 15.5 Å². The molecule has 2 heterocycles. The molecule has 2 saturated heterocycles. The van der Waals surface area contributed by atoms with Crippen molar-refractivity contribution in [1.29, 1.82) is 0 Å². The van der Waals surface area contributed by atoms with Crippen LogP contribution in [0, 0.1) is 12.7 Å². The number of hydrogen-bond donors (Lipinski definition) is 2. The molecular formula is C23H26FN3O2. The highest BCUT2D eigenvalue weighted by atomic mass is 19.1. The summed E-state index contributed by atoms with van der Waals surface area (Å²) in [7, 11) is 0. The fourth-order valence-electron chi connectivity index (χ4n) is 4.63. The van der Waals surface area contributed by atoms with Gasteiger partial charge in [0, 0.05) is 23.7 Å². The van der Waals surface area contributed by atoms with Crippen molar-refractivity contribution in [2.24, 2.45) is 0 Å². The van der Waals surface area contributed by atoms with Crippen molar-refractivity contribution in [3.8, 4) is 0 Å². The third-order valence-corrected chi connectivity index (χ3v) is 5.94. The summed E-state index contributed by atoms with van der Waals surface area (Å²) in [5.41, 5.74) is 1.91. The highest BCUT2D eigenvalue weighted by Gasteiger charge is 2.41. The van der Waals surface area contributed by atoms with Crippen LogP contribution in [0.3, 0.4) is 0 Å². The molecule has 2 fully saturated rings. The first-order valence-electron chi connectivity index (χ1n) is 10.2. The first kappa shape index (κ1) is 19.4. The Balaban J connectivity index is 1.43. The third-order valence-electron chi connectivity index (χ3n) is 5.94. The quantitative estimate of drug-likeness (QED) is 0.805. The van der Waals surface area contributed by atoms with Gasteiger partial charge in [-0.2, -0.15) is 0 Å². The summed E-state index contributed by atoms with van der Waals surface area (Å²) in [6, 6.07) is 13.6. The molecule has 0 saturated carbocycles. The van der Waals surface area contributed by atoms with E-state index in [-0.39, 0.29) is 35.8 Å². The molecule has 0 radical (unpaired) electrons. The zero-order chi connectivity index (χ0) is 20.4. The van der Waals surface area contributed by atoms with E-state index in [4.69, 9.17) is 0 Å². The number of benzene rings is 2. The number of carbonyl (C=O) groups is 2. The minimum Gasteiger partial charge on any atom is -0.349 e. The zero-order valence-corrected chi connectivity index (χ0v) is 16.5. The number of carbonyl (C=O) groups excluding carboxylic acids is 2. The highest BCUT2D eigenvalue weighted by molar-refractivity contribution is 5.94. The molecule has 2 aromatic carbocycles. The smallest absolute Gasteiger partial charge is 0.322 e. The Labute approximate surface area is 170 Å². The molecule has 0 aliphatic carbocycles. The monoisotopic (exact) mass is 395 g/mol. The van der Waals surface area contributed by atoms with E-state index in [9.17, 15) is 14.0 Å². The molecule has 2 aliphatic heterocycles. The average molecular weight is 395 g/mol. The van der Waals surface area contributed by atoms with Gasteiger partial charge in [-0.05, 0) is 63.3 Å². The third kappa shape index (κ3) is 4.26. The van der Waals surface area contributed by atoms with Gasteiger partial charge in [0.25, 0.3) is 5.91 Å². The van der Waals surface area contributed by atoms with Crippen LogP contribution < -0.4 is 10.6 Å². The molecule has 0 unspecified atom stereocenters. The van der Waals surface area contributed by atoms with Crippen LogP contribution in [0.15, 0.2) is 48.5 Å². The van der Waals surface area contributed by atoms with Gasteiger partial charge in [0.05, 0.1) is 5.69 Å². The molecule has 152 valence electrons. The Morgan fingerprint density at radius 1 is 1.03 bits per heavy atom. The fourth-order valence-corrected chi connectivity index (χ4v) is 4.63. The number of fused-ring (bicyclic) bond motifs is 2. The number of anilines is 1. The van der Waals surface area contributed by atoms with Gasteiger partial charge in [0.15, 0.2) is 0 Å². The summed E-state index contributed by atoms with van der Waals surface area (Å²) < 4.78 is 13.9. The Morgan fingerprint density at radius 3 is 2.45 bits per heavy atom. The summed E-state index contributed by atoms with van der Waals surface area (Å²) in [6.45, 7) is 1.97. The van der Waals surface area contributed by atoms with Gasteiger partial charge >= 0.3 is 6.03 Å². The van der Waals surface area contributed by atoms with E-state index in [1.54, 1.807) is 18.2 Å². The Hall–Kier alpha value is -2.89. The second-order valence-electron chi connectivity index (χ2n) is 8.07. The van der Waals surface area contributed by atoms with Crippen LogP contribution in [-0.2, 0) is 0 Å². The first-order chi connectivity index (χ1) is 14.0. The maximum atomic E-state index is 13.9. The molecule has 2 bridgehead atoms. The van der Waals surface area contributed by atoms with Gasteiger partial charge in [-0.1, -0.05) is 29.8 Å². The molecule has 5 nitrogen and oxygen atoms in total. The van der Waals surface area contributed by atoms with Crippen molar-refractivity contribution in [1.82, 2.24) is 10.2 Å². The SMILES string of the molecule is Cc1cccc(C(=O)NC2C[C@H]3CCC[C@H](C2)N3C(=O)Nc2ccccc2F)c1. The van der Waals surface area contributed by atoms with Crippen molar-refractivity contribution in [3.05, 3.63) is 65.5 Å². The van der Waals surface area contributed by atoms with Gasteiger partial charge in [-0.3, -0.25) is 4.79 Å². The van der Waals surface area contributed by atoms with Crippen LogP contribution >= 0.6 is 0 Å². The number of rotatable bonds is 3. The molecule has 2 aliphatic rings. The van der Waals surface area contributed by atoms with Crippen LogP contribution in [0.1, 0.15) is 48.0 Å². The van der Waals surface area contributed by atoms with Crippen LogP contribution in [0.4, 0.5) is 14.9 Å². The largest absolute Gasteiger partial charge is 0.349 e. The fraction of sp³-hybridized carbons (Fsp3) is 0.391. The minimum absolute atomic E-state index is 0.0378.